The van der Waals surface area contributed by atoms with E-state index in [4.69, 9.17) is 5.73 Å². The van der Waals surface area contributed by atoms with E-state index >= 15 is 0 Å². The van der Waals surface area contributed by atoms with Gasteiger partial charge in [0.1, 0.15) is 0 Å². The smallest absolute Gasteiger partial charge is 0.165 e. The lowest BCUT2D eigenvalue weighted by Gasteiger charge is -2.22. The fourth-order valence-electron chi connectivity index (χ4n) is 1.48. The summed E-state index contributed by atoms with van der Waals surface area (Å²) in [7, 11) is 2.05. The van der Waals surface area contributed by atoms with Crippen molar-refractivity contribution in [2.75, 3.05) is 13.6 Å². The number of likely N-dealkylation sites (N-methyl/N-ethyl adjacent to an activating group) is 1. The monoisotopic (exact) mass is 246 g/mol. The second kappa shape index (κ2) is 5.56. The third kappa shape index (κ3) is 2.90. The van der Waals surface area contributed by atoms with E-state index in [2.05, 4.69) is 27.3 Å². The van der Waals surface area contributed by atoms with Crippen LogP contribution in [-0.2, 0) is 6.54 Å². The van der Waals surface area contributed by atoms with Gasteiger partial charge in [-0.3, -0.25) is 4.90 Å². The summed E-state index contributed by atoms with van der Waals surface area (Å²) >= 11 is 0. The fourth-order valence-corrected chi connectivity index (χ4v) is 1.48. The first-order valence-corrected chi connectivity index (χ1v) is 5.39. The molecule has 1 atom stereocenters. The molecule has 92 valence electrons. The molecule has 1 aromatic heterocycles. The molecule has 1 fully saturated rings. The molecule has 1 saturated carbocycles. The molecule has 1 aromatic rings. The van der Waals surface area contributed by atoms with E-state index in [0.717, 1.165) is 12.4 Å². The van der Waals surface area contributed by atoms with Crippen LogP contribution in [0.15, 0.2) is 0 Å². The molecule has 16 heavy (non-hydrogen) atoms. The molecule has 0 aromatic carbocycles. The lowest BCUT2D eigenvalue weighted by Crippen LogP contribution is -2.35. The predicted octanol–water partition coefficient (Wildman–Crippen LogP) is 0.209. The molecular formula is C9H19ClN6. The Kier molecular flexibility index (Phi) is 4.64. The Hall–Kier alpha value is -0.720. The first-order valence-electron chi connectivity index (χ1n) is 5.39. The zero-order chi connectivity index (χ0) is 10.8. The highest BCUT2D eigenvalue weighted by molar-refractivity contribution is 5.85. The van der Waals surface area contributed by atoms with Crippen LogP contribution in [0.3, 0.4) is 0 Å². The summed E-state index contributed by atoms with van der Waals surface area (Å²) in [6.45, 7) is 3.52. The second-order valence-electron chi connectivity index (χ2n) is 4.27. The summed E-state index contributed by atoms with van der Waals surface area (Å²) in [6.07, 6.45) is 2.41. The third-order valence-corrected chi connectivity index (χ3v) is 2.94. The Morgan fingerprint density at radius 1 is 1.56 bits per heavy atom. The maximum Gasteiger partial charge on any atom is 0.165 e. The predicted molar refractivity (Wildman–Crippen MR) is 63.3 cm³/mol. The van der Waals surface area contributed by atoms with Gasteiger partial charge in [0.05, 0.1) is 12.6 Å². The van der Waals surface area contributed by atoms with Crippen LogP contribution in [0, 0.1) is 0 Å². The minimum Gasteiger partial charge on any atom is -0.329 e. The topological polar surface area (TPSA) is 72.9 Å². The minimum atomic E-state index is 0. The van der Waals surface area contributed by atoms with Crippen molar-refractivity contribution >= 4 is 12.4 Å². The van der Waals surface area contributed by atoms with Crippen LogP contribution in [0.2, 0.25) is 0 Å². The maximum atomic E-state index is 5.61. The molecule has 1 unspecified atom stereocenters. The highest BCUT2D eigenvalue weighted by Gasteiger charge is 2.28. The SMILES string of the molecule is CC(CN)N(C)Cc1nnnn1C1CC1.Cl. The lowest BCUT2D eigenvalue weighted by atomic mass is 10.3. The number of rotatable bonds is 5. The molecule has 0 spiro atoms. The molecule has 2 N–H and O–H groups in total. The van der Waals surface area contributed by atoms with Gasteiger partial charge >= 0.3 is 0 Å². The highest BCUT2D eigenvalue weighted by atomic mass is 35.5. The number of halogens is 1. The Morgan fingerprint density at radius 2 is 2.25 bits per heavy atom. The van der Waals surface area contributed by atoms with Gasteiger partial charge in [0.25, 0.3) is 0 Å². The molecule has 0 bridgehead atoms. The number of nitrogens with zero attached hydrogens (tertiary/aromatic N) is 5. The molecule has 0 aliphatic heterocycles. The summed E-state index contributed by atoms with van der Waals surface area (Å²) in [5.41, 5.74) is 5.61. The molecule has 7 heteroatoms. The van der Waals surface area contributed by atoms with Gasteiger partial charge in [-0.05, 0) is 37.2 Å². The molecule has 1 heterocycles. The van der Waals surface area contributed by atoms with Gasteiger partial charge in [0, 0.05) is 12.6 Å². The third-order valence-electron chi connectivity index (χ3n) is 2.94. The van der Waals surface area contributed by atoms with E-state index < -0.39 is 0 Å². The summed E-state index contributed by atoms with van der Waals surface area (Å²) in [6, 6.07) is 0.894. The highest BCUT2D eigenvalue weighted by Crippen LogP contribution is 2.34. The first kappa shape index (κ1) is 13.3. The Bertz CT molecular complexity index is 324. The van der Waals surface area contributed by atoms with Crippen LogP contribution in [0.1, 0.15) is 31.6 Å². The van der Waals surface area contributed by atoms with Crippen LogP contribution in [0.5, 0.6) is 0 Å². The van der Waals surface area contributed by atoms with E-state index in [0.29, 0.717) is 18.6 Å². The Morgan fingerprint density at radius 3 is 2.81 bits per heavy atom. The molecule has 0 amide bonds. The van der Waals surface area contributed by atoms with E-state index in [9.17, 15) is 0 Å². The fraction of sp³-hybridized carbons (Fsp3) is 0.889. The van der Waals surface area contributed by atoms with Gasteiger partial charge in [-0.1, -0.05) is 0 Å². The molecular weight excluding hydrogens is 228 g/mol. The Labute approximate surface area is 102 Å². The normalized spacial score (nSPS) is 17.2. The van der Waals surface area contributed by atoms with Crippen LogP contribution in [0.4, 0.5) is 0 Å². The summed E-state index contributed by atoms with van der Waals surface area (Å²) in [5.74, 6) is 0.945. The largest absolute Gasteiger partial charge is 0.329 e. The van der Waals surface area contributed by atoms with Gasteiger partial charge in [0.15, 0.2) is 5.82 Å². The standard InChI is InChI=1S/C9H18N6.ClH/c1-7(5-10)14(2)6-9-11-12-13-15(9)8-3-4-8;/h7-8H,3-6,10H2,1-2H3;1H. The number of aromatic nitrogens is 4. The van der Waals surface area contributed by atoms with E-state index in [1.165, 1.54) is 12.8 Å². The van der Waals surface area contributed by atoms with Crippen molar-refractivity contribution in [3.8, 4) is 0 Å². The van der Waals surface area contributed by atoms with Gasteiger partial charge in [0.2, 0.25) is 0 Å². The van der Waals surface area contributed by atoms with E-state index in [1.54, 1.807) is 0 Å². The first-order chi connectivity index (χ1) is 7.22. The minimum absolute atomic E-state index is 0. The van der Waals surface area contributed by atoms with Crippen LogP contribution in [-0.4, -0.2) is 44.7 Å². The van der Waals surface area contributed by atoms with Gasteiger partial charge < -0.3 is 5.73 Å². The number of tetrazole rings is 1. The lowest BCUT2D eigenvalue weighted by molar-refractivity contribution is 0.243. The molecule has 0 radical (unpaired) electrons. The van der Waals surface area contributed by atoms with Crippen molar-refractivity contribution in [3.05, 3.63) is 5.82 Å². The van der Waals surface area contributed by atoms with Crippen molar-refractivity contribution in [1.82, 2.24) is 25.1 Å². The molecule has 2 rings (SSSR count). The van der Waals surface area contributed by atoms with Crippen molar-refractivity contribution < 1.29 is 0 Å². The van der Waals surface area contributed by atoms with Crippen LogP contribution < -0.4 is 5.73 Å². The zero-order valence-corrected chi connectivity index (χ0v) is 10.5. The van der Waals surface area contributed by atoms with E-state index in [-0.39, 0.29) is 12.4 Å². The summed E-state index contributed by atoms with van der Waals surface area (Å²) in [5, 5.41) is 11.8. The Balaban J connectivity index is 0.00000128. The molecule has 1 aliphatic carbocycles. The average molecular weight is 247 g/mol. The van der Waals surface area contributed by atoms with Gasteiger partial charge in [-0.15, -0.1) is 17.5 Å². The van der Waals surface area contributed by atoms with Crippen molar-refractivity contribution in [2.45, 2.75) is 38.4 Å². The van der Waals surface area contributed by atoms with Crippen LogP contribution >= 0.6 is 12.4 Å². The maximum absolute atomic E-state index is 5.61. The second-order valence-corrected chi connectivity index (χ2v) is 4.27. The number of nitrogens with two attached hydrogens (primary N) is 1. The molecule has 1 aliphatic rings. The van der Waals surface area contributed by atoms with E-state index in [1.807, 2.05) is 11.7 Å². The van der Waals surface area contributed by atoms with Crippen molar-refractivity contribution in [3.63, 3.8) is 0 Å². The summed E-state index contributed by atoms with van der Waals surface area (Å²) < 4.78 is 1.94. The van der Waals surface area contributed by atoms with Crippen LogP contribution in [0.25, 0.3) is 0 Å². The number of hydrogen-bond donors (Lipinski definition) is 1. The quantitative estimate of drug-likeness (QED) is 0.804. The van der Waals surface area contributed by atoms with Crippen molar-refractivity contribution in [2.24, 2.45) is 5.73 Å². The van der Waals surface area contributed by atoms with Crippen molar-refractivity contribution in [1.29, 1.82) is 0 Å². The zero-order valence-electron chi connectivity index (χ0n) is 9.70. The average Bonchev–Trinajstić information content (AvgIpc) is 2.99. The van der Waals surface area contributed by atoms with Gasteiger partial charge in [-0.25, -0.2) is 4.68 Å². The van der Waals surface area contributed by atoms with Gasteiger partial charge in [-0.2, -0.15) is 0 Å². The molecule has 0 saturated heterocycles. The molecule has 6 nitrogen and oxygen atoms in total. The summed E-state index contributed by atoms with van der Waals surface area (Å²) in [4.78, 5) is 2.17. The number of hydrogen-bond acceptors (Lipinski definition) is 5.